The zero-order valence-corrected chi connectivity index (χ0v) is 12.5. The van der Waals surface area contributed by atoms with Crippen molar-refractivity contribution in [3.05, 3.63) is 54.6 Å². The van der Waals surface area contributed by atoms with Crippen LogP contribution in [-0.4, -0.2) is 22.6 Å². The fourth-order valence-corrected chi connectivity index (χ4v) is 3.89. The Labute approximate surface area is 118 Å². The Hall–Kier alpha value is -1.66. The normalized spacial score (nSPS) is 12.2. The Bertz CT molecular complexity index is 790. The highest BCUT2D eigenvalue weighted by Gasteiger charge is 2.18. The van der Waals surface area contributed by atoms with Crippen LogP contribution < -0.4 is 0 Å². The molecule has 2 aromatic rings. The lowest BCUT2D eigenvalue weighted by atomic mass is 10.4. The standard InChI is InChI=1S/C14H14O4S2/c1-2-19(15,16)12-8-10-14(11-9-12)20(17,18)13-6-4-3-5-7-13/h3-11H,2H2,1H3. The molecule has 0 saturated carbocycles. The molecule has 0 aliphatic heterocycles. The second-order valence-corrected chi connectivity index (χ2v) is 8.42. The molecule has 106 valence electrons. The maximum atomic E-state index is 12.3. The van der Waals surface area contributed by atoms with Crippen molar-refractivity contribution in [3.8, 4) is 0 Å². The molecule has 0 bridgehead atoms. The fourth-order valence-electron chi connectivity index (χ4n) is 1.73. The van der Waals surface area contributed by atoms with E-state index in [2.05, 4.69) is 0 Å². The summed E-state index contributed by atoms with van der Waals surface area (Å²) in [5.74, 6) is -0.0161. The molecule has 0 spiro atoms. The third-order valence-corrected chi connectivity index (χ3v) is 6.46. The van der Waals surface area contributed by atoms with Crippen LogP contribution in [0.4, 0.5) is 0 Å². The van der Waals surface area contributed by atoms with Crippen molar-refractivity contribution < 1.29 is 16.8 Å². The summed E-state index contributed by atoms with van der Waals surface area (Å²) in [6.45, 7) is 1.55. The van der Waals surface area contributed by atoms with Crippen LogP contribution in [0.5, 0.6) is 0 Å². The van der Waals surface area contributed by atoms with E-state index in [4.69, 9.17) is 0 Å². The third kappa shape index (κ3) is 2.76. The maximum Gasteiger partial charge on any atom is 0.206 e. The number of hydrogen-bond acceptors (Lipinski definition) is 4. The minimum absolute atomic E-state index is 0.0161. The van der Waals surface area contributed by atoms with Crippen molar-refractivity contribution in [2.45, 2.75) is 21.6 Å². The predicted molar refractivity (Wildman–Crippen MR) is 76.1 cm³/mol. The van der Waals surface area contributed by atoms with Gasteiger partial charge >= 0.3 is 0 Å². The third-order valence-electron chi connectivity index (χ3n) is 2.93. The van der Waals surface area contributed by atoms with Crippen molar-refractivity contribution in [2.24, 2.45) is 0 Å². The first kappa shape index (κ1) is 14.7. The van der Waals surface area contributed by atoms with Gasteiger partial charge in [-0.2, -0.15) is 0 Å². The molecule has 0 unspecified atom stereocenters. The first-order chi connectivity index (χ1) is 9.38. The van der Waals surface area contributed by atoms with E-state index >= 15 is 0 Å². The van der Waals surface area contributed by atoms with Crippen molar-refractivity contribution >= 4 is 19.7 Å². The van der Waals surface area contributed by atoms with E-state index in [0.717, 1.165) is 0 Å². The van der Waals surface area contributed by atoms with E-state index in [0.29, 0.717) is 0 Å². The molecule has 0 saturated heterocycles. The summed E-state index contributed by atoms with van der Waals surface area (Å²) in [5, 5.41) is 0. The van der Waals surface area contributed by atoms with Crippen LogP contribution in [-0.2, 0) is 19.7 Å². The molecule has 2 aromatic carbocycles. The van der Waals surface area contributed by atoms with Crippen LogP contribution in [0, 0.1) is 0 Å². The topological polar surface area (TPSA) is 68.3 Å². The molecular weight excluding hydrogens is 296 g/mol. The first-order valence-electron chi connectivity index (χ1n) is 6.01. The van der Waals surface area contributed by atoms with Crippen molar-refractivity contribution in [1.82, 2.24) is 0 Å². The Morgan fingerprint density at radius 2 is 1.15 bits per heavy atom. The predicted octanol–water partition coefficient (Wildman–Crippen LogP) is 2.31. The molecule has 0 fully saturated rings. The molecule has 0 aliphatic rings. The van der Waals surface area contributed by atoms with Crippen LogP contribution in [0.1, 0.15) is 6.92 Å². The Balaban J connectivity index is 2.46. The Kier molecular flexibility index (Phi) is 3.96. The first-order valence-corrected chi connectivity index (χ1v) is 9.14. The van der Waals surface area contributed by atoms with Crippen LogP contribution in [0.15, 0.2) is 69.3 Å². The second kappa shape index (κ2) is 5.38. The van der Waals surface area contributed by atoms with Crippen LogP contribution in [0.25, 0.3) is 0 Å². The second-order valence-electron chi connectivity index (χ2n) is 4.19. The van der Waals surface area contributed by atoms with E-state index in [1.54, 1.807) is 25.1 Å². The summed E-state index contributed by atoms with van der Waals surface area (Å²) < 4.78 is 48.0. The van der Waals surface area contributed by atoms with Crippen molar-refractivity contribution in [3.63, 3.8) is 0 Å². The lowest BCUT2D eigenvalue weighted by molar-refractivity contribution is 0.593. The summed E-state index contributed by atoms with van der Waals surface area (Å²) in [4.78, 5) is 0.400. The highest BCUT2D eigenvalue weighted by molar-refractivity contribution is 7.92. The van der Waals surface area contributed by atoms with E-state index in [-0.39, 0.29) is 20.4 Å². The van der Waals surface area contributed by atoms with Crippen LogP contribution in [0.3, 0.4) is 0 Å². The summed E-state index contributed by atoms with van der Waals surface area (Å²) >= 11 is 0. The molecule has 2 rings (SSSR count). The smallest absolute Gasteiger partial charge is 0.206 e. The molecule has 0 heterocycles. The summed E-state index contributed by atoms with van der Waals surface area (Å²) in [6, 6.07) is 13.3. The van der Waals surface area contributed by atoms with Gasteiger partial charge in [-0.3, -0.25) is 0 Å². The molecule has 0 atom stereocenters. The molecule has 0 amide bonds. The van der Waals surface area contributed by atoms with Gasteiger partial charge in [-0.25, -0.2) is 16.8 Å². The SMILES string of the molecule is CCS(=O)(=O)c1ccc(S(=O)(=O)c2ccccc2)cc1. The monoisotopic (exact) mass is 310 g/mol. The van der Waals surface area contributed by atoms with E-state index in [1.807, 2.05) is 0 Å². The largest absolute Gasteiger partial charge is 0.224 e. The van der Waals surface area contributed by atoms with E-state index in [9.17, 15) is 16.8 Å². The van der Waals surface area contributed by atoms with Gasteiger partial charge in [0.1, 0.15) is 0 Å². The van der Waals surface area contributed by atoms with Gasteiger partial charge in [0.2, 0.25) is 9.84 Å². The van der Waals surface area contributed by atoms with Gasteiger partial charge < -0.3 is 0 Å². The summed E-state index contributed by atoms with van der Waals surface area (Å²) in [7, 11) is -6.92. The fraction of sp³-hybridized carbons (Fsp3) is 0.143. The van der Waals surface area contributed by atoms with Crippen LogP contribution in [0.2, 0.25) is 0 Å². The molecule has 20 heavy (non-hydrogen) atoms. The van der Waals surface area contributed by atoms with Crippen LogP contribution >= 0.6 is 0 Å². The van der Waals surface area contributed by atoms with E-state index in [1.165, 1.54) is 36.4 Å². The maximum absolute atomic E-state index is 12.3. The Morgan fingerprint density at radius 3 is 1.65 bits per heavy atom. The molecule has 0 radical (unpaired) electrons. The van der Waals surface area contributed by atoms with Gasteiger partial charge in [0, 0.05) is 0 Å². The number of sulfone groups is 2. The number of hydrogen-bond donors (Lipinski definition) is 0. The van der Waals surface area contributed by atoms with Crippen molar-refractivity contribution in [1.29, 1.82) is 0 Å². The summed E-state index contributed by atoms with van der Waals surface area (Å²) in [6.07, 6.45) is 0. The van der Waals surface area contributed by atoms with Crippen molar-refractivity contribution in [2.75, 3.05) is 5.75 Å². The molecule has 0 aromatic heterocycles. The quantitative estimate of drug-likeness (QED) is 0.869. The Morgan fingerprint density at radius 1 is 0.700 bits per heavy atom. The molecule has 0 N–H and O–H groups in total. The van der Waals surface area contributed by atoms with Gasteiger partial charge in [0.15, 0.2) is 9.84 Å². The average molecular weight is 310 g/mol. The molecular formula is C14H14O4S2. The zero-order chi connectivity index (χ0) is 14.8. The van der Waals surface area contributed by atoms with E-state index < -0.39 is 19.7 Å². The number of benzene rings is 2. The molecule has 4 nitrogen and oxygen atoms in total. The minimum atomic E-state index is -3.60. The average Bonchev–Trinajstić information content (AvgIpc) is 2.48. The number of rotatable bonds is 4. The lowest BCUT2D eigenvalue weighted by Crippen LogP contribution is -2.05. The highest BCUT2D eigenvalue weighted by atomic mass is 32.2. The van der Waals surface area contributed by atoms with Gasteiger partial charge in [-0.15, -0.1) is 0 Å². The lowest BCUT2D eigenvalue weighted by Gasteiger charge is -2.06. The van der Waals surface area contributed by atoms with Gasteiger partial charge in [0.25, 0.3) is 0 Å². The van der Waals surface area contributed by atoms with Gasteiger partial charge in [0.05, 0.1) is 20.4 Å². The molecule has 0 aliphatic carbocycles. The summed E-state index contributed by atoms with van der Waals surface area (Å²) in [5.41, 5.74) is 0. The molecule has 6 heteroatoms. The van der Waals surface area contributed by atoms with Gasteiger partial charge in [-0.05, 0) is 36.4 Å². The van der Waals surface area contributed by atoms with Gasteiger partial charge in [-0.1, -0.05) is 25.1 Å². The minimum Gasteiger partial charge on any atom is -0.224 e. The zero-order valence-electron chi connectivity index (χ0n) is 10.9. The highest BCUT2D eigenvalue weighted by Crippen LogP contribution is 2.22.